The number of benzene rings is 1. The van der Waals surface area contributed by atoms with Crippen LogP contribution in [0.2, 0.25) is 0 Å². The van der Waals surface area contributed by atoms with Crippen molar-refractivity contribution in [2.45, 2.75) is 43.8 Å². The lowest BCUT2D eigenvalue weighted by atomic mass is 10.1. The summed E-state index contributed by atoms with van der Waals surface area (Å²) in [5, 5.41) is 11.0. The Hall–Kier alpha value is -1.92. The summed E-state index contributed by atoms with van der Waals surface area (Å²) in [6.07, 6.45) is 6.08. The summed E-state index contributed by atoms with van der Waals surface area (Å²) in [6.45, 7) is 0. The fourth-order valence-electron chi connectivity index (χ4n) is 2.70. The first-order chi connectivity index (χ1) is 12.5. The maximum atomic E-state index is 12.4. The fourth-order valence-corrected chi connectivity index (χ4v) is 4.76. The van der Waals surface area contributed by atoms with Crippen LogP contribution in [0.3, 0.4) is 0 Å². The highest BCUT2D eigenvalue weighted by Gasteiger charge is 2.29. The molecule has 140 valence electrons. The van der Waals surface area contributed by atoms with Gasteiger partial charge in [0.05, 0.1) is 0 Å². The van der Waals surface area contributed by atoms with Gasteiger partial charge in [-0.2, -0.15) is 0 Å². The number of hydrogen-bond donors (Lipinski definition) is 1. The number of thiophene rings is 1. The Morgan fingerprint density at radius 1 is 1.04 bits per heavy atom. The second-order valence-electron chi connectivity index (χ2n) is 6.16. The van der Waals surface area contributed by atoms with Crippen molar-refractivity contribution in [2.75, 3.05) is 0 Å². The molecule has 0 bridgehead atoms. The fraction of sp³-hybridized carbons (Fsp3) is 0.350. The smallest absolute Gasteiger partial charge is 0.322 e. The molecule has 0 saturated carbocycles. The Morgan fingerprint density at radius 3 is 2.42 bits per heavy atom. The number of unbranched alkanes of at least 4 members (excludes halogenated alkanes) is 3. The molecule has 4 nitrogen and oxygen atoms in total. The molecule has 0 aliphatic heterocycles. The number of aryl methyl sites for hydroxylation is 1. The van der Waals surface area contributed by atoms with E-state index < -0.39 is 21.1 Å². The van der Waals surface area contributed by atoms with Crippen LogP contribution in [0.5, 0.6) is 0 Å². The molecule has 1 aromatic carbocycles. The van der Waals surface area contributed by atoms with E-state index in [4.69, 9.17) is 0 Å². The molecule has 0 saturated heterocycles. The molecule has 0 aliphatic rings. The van der Waals surface area contributed by atoms with Crippen LogP contribution in [-0.2, 0) is 21.1 Å². The molecule has 1 unspecified atom stereocenters. The molecule has 1 atom stereocenters. The Morgan fingerprint density at radius 2 is 1.77 bits per heavy atom. The van der Waals surface area contributed by atoms with Gasteiger partial charge in [-0.3, -0.25) is 4.79 Å². The predicted molar refractivity (Wildman–Crippen MR) is 107 cm³/mol. The van der Waals surface area contributed by atoms with Gasteiger partial charge in [-0.1, -0.05) is 55.7 Å². The summed E-state index contributed by atoms with van der Waals surface area (Å²) < 4.78 is 24.7. The first-order valence-corrected chi connectivity index (χ1v) is 11.2. The zero-order valence-electron chi connectivity index (χ0n) is 14.6. The van der Waals surface area contributed by atoms with Crippen LogP contribution in [0.4, 0.5) is 0 Å². The molecule has 6 heteroatoms. The molecule has 1 N–H and O–H groups in total. The van der Waals surface area contributed by atoms with Crippen molar-refractivity contribution < 1.29 is 18.3 Å². The SMILES string of the molecule is O=C(O)C(CCCCCCc1cccs1)S(=O)(=O)C=Cc1ccccc1. The summed E-state index contributed by atoms with van der Waals surface area (Å²) >= 11 is 1.74. The van der Waals surface area contributed by atoms with Crippen LogP contribution < -0.4 is 0 Å². The molecule has 0 spiro atoms. The van der Waals surface area contributed by atoms with Crippen LogP contribution in [0.1, 0.15) is 42.5 Å². The molecule has 26 heavy (non-hydrogen) atoms. The minimum absolute atomic E-state index is 0.149. The summed E-state index contributed by atoms with van der Waals surface area (Å²) in [5.74, 6) is -1.28. The quantitative estimate of drug-likeness (QED) is 0.559. The van der Waals surface area contributed by atoms with Crippen molar-refractivity contribution in [3.63, 3.8) is 0 Å². The Kier molecular flexibility index (Phi) is 8.06. The average molecular weight is 393 g/mol. The second-order valence-corrected chi connectivity index (χ2v) is 9.21. The first-order valence-electron chi connectivity index (χ1n) is 8.71. The standard InChI is InChI=1S/C20H24O4S2/c21-20(22)19(13-7-2-1-6-11-18-12-8-15-25-18)26(23,24)16-14-17-9-4-3-5-10-17/h3-5,8-10,12,14-16,19H,1-2,6-7,11,13H2,(H,21,22). The molecule has 0 aliphatic carbocycles. The summed E-state index contributed by atoms with van der Waals surface area (Å²) in [4.78, 5) is 12.8. The lowest BCUT2D eigenvalue weighted by molar-refractivity contribution is -0.136. The highest BCUT2D eigenvalue weighted by Crippen LogP contribution is 2.18. The van der Waals surface area contributed by atoms with E-state index in [-0.39, 0.29) is 6.42 Å². The van der Waals surface area contributed by atoms with Gasteiger partial charge in [0.2, 0.25) is 0 Å². The predicted octanol–water partition coefficient (Wildman–Crippen LogP) is 4.78. The summed E-state index contributed by atoms with van der Waals surface area (Å²) in [6, 6.07) is 13.1. The number of aliphatic carboxylic acids is 1. The third-order valence-electron chi connectivity index (χ3n) is 4.14. The molecule has 0 radical (unpaired) electrons. The number of carboxylic acids is 1. The van der Waals surface area contributed by atoms with E-state index in [1.807, 2.05) is 12.1 Å². The molecule has 1 heterocycles. The van der Waals surface area contributed by atoms with Gasteiger partial charge in [0, 0.05) is 10.3 Å². The summed E-state index contributed by atoms with van der Waals surface area (Å²) in [7, 11) is -3.83. The molecular weight excluding hydrogens is 368 g/mol. The van der Waals surface area contributed by atoms with E-state index in [2.05, 4.69) is 11.4 Å². The van der Waals surface area contributed by atoms with E-state index in [0.717, 1.165) is 36.7 Å². The number of rotatable bonds is 11. The summed E-state index contributed by atoms with van der Waals surface area (Å²) in [5.41, 5.74) is 0.730. The van der Waals surface area contributed by atoms with Crippen LogP contribution in [-0.4, -0.2) is 24.7 Å². The van der Waals surface area contributed by atoms with E-state index in [9.17, 15) is 18.3 Å². The van der Waals surface area contributed by atoms with Crippen molar-refractivity contribution >= 4 is 33.2 Å². The topological polar surface area (TPSA) is 71.4 Å². The van der Waals surface area contributed by atoms with Gasteiger partial charge in [0.25, 0.3) is 0 Å². The van der Waals surface area contributed by atoms with Crippen LogP contribution >= 0.6 is 11.3 Å². The Balaban J connectivity index is 1.81. The van der Waals surface area contributed by atoms with E-state index >= 15 is 0 Å². The Labute approximate surface area is 159 Å². The number of sulfone groups is 1. The largest absolute Gasteiger partial charge is 0.480 e. The van der Waals surface area contributed by atoms with Crippen molar-refractivity contribution in [1.82, 2.24) is 0 Å². The van der Waals surface area contributed by atoms with Gasteiger partial charge < -0.3 is 5.11 Å². The van der Waals surface area contributed by atoms with Gasteiger partial charge in [-0.25, -0.2) is 8.42 Å². The van der Waals surface area contributed by atoms with Gasteiger partial charge in [-0.05, 0) is 42.3 Å². The van der Waals surface area contributed by atoms with E-state index in [1.54, 1.807) is 35.6 Å². The van der Waals surface area contributed by atoms with Crippen molar-refractivity contribution in [1.29, 1.82) is 0 Å². The van der Waals surface area contributed by atoms with Crippen LogP contribution in [0.15, 0.2) is 53.3 Å². The zero-order valence-corrected chi connectivity index (χ0v) is 16.2. The molecule has 0 amide bonds. The highest BCUT2D eigenvalue weighted by atomic mass is 32.2. The lowest BCUT2D eigenvalue weighted by Crippen LogP contribution is -2.28. The third-order valence-corrected chi connectivity index (χ3v) is 6.82. The number of hydrogen-bond acceptors (Lipinski definition) is 4. The number of carboxylic acid groups (broad SMARTS) is 1. The first kappa shape index (κ1) is 20.4. The maximum absolute atomic E-state index is 12.4. The molecule has 1 aromatic heterocycles. The molecule has 2 aromatic rings. The van der Waals surface area contributed by atoms with Gasteiger partial charge in [-0.15, -0.1) is 11.3 Å². The van der Waals surface area contributed by atoms with Gasteiger partial charge in [0.1, 0.15) is 0 Å². The van der Waals surface area contributed by atoms with E-state index in [0.29, 0.717) is 6.42 Å². The third kappa shape index (κ3) is 6.77. The monoisotopic (exact) mass is 392 g/mol. The van der Waals surface area contributed by atoms with Gasteiger partial charge in [0.15, 0.2) is 15.1 Å². The maximum Gasteiger partial charge on any atom is 0.322 e. The van der Waals surface area contributed by atoms with Crippen molar-refractivity contribution in [2.24, 2.45) is 0 Å². The highest BCUT2D eigenvalue weighted by molar-refractivity contribution is 7.95. The molecular formula is C20H24O4S2. The van der Waals surface area contributed by atoms with Crippen molar-refractivity contribution in [3.05, 3.63) is 63.7 Å². The lowest BCUT2D eigenvalue weighted by Gasteiger charge is -2.10. The van der Waals surface area contributed by atoms with E-state index in [1.165, 1.54) is 11.0 Å². The molecule has 2 rings (SSSR count). The number of carbonyl (C=O) groups is 1. The van der Waals surface area contributed by atoms with Crippen LogP contribution in [0, 0.1) is 0 Å². The average Bonchev–Trinajstić information content (AvgIpc) is 3.13. The molecule has 0 fully saturated rings. The van der Waals surface area contributed by atoms with Gasteiger partial charge >= 0.3 is 5.97 Å². The minimum atomic E-state index is -3.83. The van der Waals surface area contributed by atoms with Crippen LogP contribution in [0.25, 0.3) is 6.08 Å². The second kappa shape index (κ2) is 10.3. The van der Waals surface area contributed by atoms with Crippen molar-refractivity contribution in [3.8, 4) is 0 Å². The Bertz CT molecular complexity index is 794. The minimum Gasteiger partial charge on any atom is -0.480 e. The normalized spacial score (nSPS) is 13.1. The zero-order chi connectivity index (χ0) is 18.8.